The van der Waals surface area contributed by atoms with E-state index in [1.807, 2.05) is 18.2 Å². The Bertz CT molecular complexity index is 454. The average molecular weight is 231 g/mol. The molecule has 0 bridgehead atoms. The van der Waals surface area contributed by atoms with E-state index in [9.17, 15) is 4.79 Å². The van der Waals surface area contributed by atoms with Crippen molar-refractivity contribution in [3.63, 3.8) is 0 Å². The Hall–Kier alpha value is -2.55. The van der Waals surface area contributed by atoms with E-state index in [0.717, 1.165) is 5.69 Å². The van der Waals surface area contributed by atoms with Gasteiger partial charge in [-0.15, -0.1) is 0 Å². The Morgan fingerprint density at radius 3 is 2.88 bits per heavy atom. The lowest BCUT2D eigenvalue weighted by molar-refractivity contribution is 0.250. The maximum absolute atomic E-state index is 10.9. The minimum absolute atomic E-state index is 0.197. The van der Waals surface area contributed by atoms with E-state index < -0.39 is 6.03 Å². The van der Waals surface area contributed by atoms with Crippen molar-refractivity contribution in [2.75, 3.05) is 6.54 Å². The van der Waals surface area contributed by atoms with Crippen LogP contribution in [0, 0.1) is 11.8 Å². The van der Waals surface area contributed by atoms with Gasteiger partial charge in [-0.3, -0.25) is 4.98 Å². The molecular weight excluding hydrogens is 218 g/mol. The first-order chi connectivity index (χ1) is 8.18. The van der Waals surface area contributed by atoms with Gasteiger partial charge in [0.1, 0.15) is 0 Å². The zero-order valence-electron chi connectivity index (χ0n) is 9.18. The summed E-state index contributed by atoms with van der Waals surface area (Å²) in [5.41, 5.74) is 10.9. The van der Waals surface area contributed by atoms with Gasteiger partial charge in [-0.1, -0.05) is 17.9 Å². The molecule has 0 radical (unpaired) electrons. The molecule has 1 rings (SSSR count). The fourth-order valence-corrected chi connectivity index (χ4v) is 0.995. The van der Waals surface area contributed by atoms with Crippen LogP contribution in [0.1, 0.15) is 5.69 Å². The molecule has 0 saturated heterocycles. The number of hydrogen-bond donors (Lipinski definition) is 3. The Kier molecular flexibility index (Phi) is 5.04. The molecule has 0 spiro atoms. The normalized spacial score (nSPS) is 8.71. The van der Waals surface area contributed by atoms with Crippen LogP contribution in [0.25, 0.3) is 0 Å². The molecule has 0 aliphatic heterocycles. The van der Waals surface area contributed by atoms with Gasteiger partial charge in [0.05, 0.1) is 18.7 Å². The lowest BCUT2D eigenvalue weighted by Crippen LogP contribution is -2.28. The number of aliphatic imine (C=N–C) groups is 1. The minimum atomic E-state index is -0.600. The quantitative estimate of drug-likeness (QED) is 0.366. The maximum Gasteiger partial charge on any atom is 0.344 e. The number of rotatable bonds is 2. The molecule has 0 aliphatic rings. The highest BCUT2D eigenvalue weighted by molar-refractivity contribution is 5.90. The van der Waals surface area contributed by atoms with Crippen LogP contribution < -0.4 is 16.8 Å². The van der Waals surface area contributed by atoms with Gasteiger partial charge in [0.2, 0.25) is 0 Å². The third kappa shape index (κ3) is 5.79. The molecule has 17 heavy (non-hydrogen) atoms. The molecule has 1 heterocycles. The highest BCUT2D eigenvalue weighted by atomic mass is 16.2. The summed E-state index contributed by atoms with van der Waals surface area (Å²) < 4.78 is 0. The number of carbonyl (C=O) groups is 1. The smallest absolute Gasteiger partial charge is 0.344 e. The van der Waals surface area contributed by atoms with E-state index in [1.54, 1.807) is 6.20 Å². The summed E-state index contributed by atoms with van der Waals surface area (Å²) in [7, 11) is 0. The molecule has 2 amide bonds. The molecule has 0 aromatic carbocycles. The summed E-state index contributed by atoms with van der Waals surface area (Å²) in [5, 5.41) is 2.42. The first-order valence-corrected chi connectivity index (χ1v) is 4.91. The molecule has 0 fully saturated rings. The second-order valence-corrected chi connectivity index (χ2v) is 3.05. The minimum Gasteiger partial charge on any atom is -0.370 e. The van der Waals surface area contributed by atoms with Crippen molar-refractivity contribution in [1.29, 1.82) is 0 Å². The Balaban J connectivity index is 2.28. The van der Waals surface area contributed by atoms with Crippen LogP contribution in [-0.2, 0) is 6.42 Å². The molecule has 6 heteroatoms. The standard InChI is InChI=1S/C11H13N5O/c12-10(13)16-11(17)15-8-4-2-6-9-5-1-3-7-14-9/h1,3,5,7H,6,8H2,(H5,12,13,15,16,17). The van der Waals surface area contributed by atoms with Gasteiger partial charge in [0, 0.05) is 6.20 Å². The van der Waals surface area contributed by atoms with E-state index in [4.69, 9.17) is 11.5 Å². The second-order valence-electron chi connectivity index (χ2n) is 3.05. The summed E-state index contributed by atoms with van der Waals surface area (Å²) in [6, 6.07) is 5.01. The molecule has 1 aromatic heterocycles. The zero-order chi connectivity index (χ0) is 12.5. The maximum atomic E-state index is 10.9. The van der Waals surface area contributed by atoms with Crippen molar-refractivity contribution in [1.82, 2.24) is 10.3 Å². The van der Waals surface area contributed by atoms with Gasteiger partial charge in [0.15, 0.2) is 5.96 Å². The number of carbonyl (C=O) groups excluding carboxylic acids is 1. The van der Waals surface area contributed by atoms with E-state index >= 15 is 0 Å². The summed E-state index contributed by atoms with van der Waals surface area (Å²) in [5.74, 6) is 5.36. The van der Waals surface area contributed by atoms with Gasteiger partial charge in [-0.2, -0.15) is 4.99 Å². The second kappa shape index (κ2) is 6.85. The number of guanidine groups is 1. The van der Waals surface area contributed by atoms with Crippen LogP contribution >= 0.6 is 0 Å². The monoisotopic (exact) mass is 231 g/mol. The molecule has 0 atom stereocenters. The van der Waals surface area contributed by atoms with Gasteiger partial charge in [0.25, 0.3) is 0 Å². The van der Waals surface area contributed by atoms with E-state index in [0.29, 0.717) is 6.42 Å². The summed E-state index contributed by atoms with van der Waals surface area (Å²) >= 11 is 0. The van der Waals surface area contributed by atoms with Crippen molar-refractivity contribution in [2.45, 2.75) is 6.42 Å². The average Bonchev–Trinajstić information content (AvgIpc) is 2.29. The molecular formula is C11H13N5O. The first-order valence-electron chi connectivity index (χ1n) is 4.91. The highest BCUT2D eigenvalue weighted by Crippen LogP contribution is 1.92. The van der Waals surface area contributed by atoms with Crippen molar-refractivity contribution < 1.29 is 4.79 Å². The number of nitrogens with one attached hydrogen (secondary N) is 1. The van der Waals surface area contributed by atoms with Crippen molar-refractivity contribution in [3.05, 3.63) is 30.1 Å². The van der Waals surface area contributed by atoms with Crippen molar-refractivity contribution in [3.8, 4) is 11.8 Å². The number of pyridine rings is 1. The lowest BCUT2D eigenvalue weighted by Gasteiger charge is -1.94. The molecule has 88 valence electrons. The fourth-order valence-electron chi connectivity index (χ4n) is 0.995. The van der Waals surface area contributed by atoms with Gasteiger partial charge in [-0.05, 0) is 12.1 Å². The van der Waals surface area contributed by atoms with Gasteiger partial charge < -0.3 is 16.8 Å². The topological polar surface area (TPSA) is 106 Å². The van der Waals surface area contributed by atoms with Crippen LogP contribution in [0.3, 0.4) is 0 Å². The number of amides is 2. The Morgan fingerprint density at radius 2 is 2.24 bits per heavy atom. The third-order valence-electron chi connectivity index (χ3n) is 1.68. The molecule has 5 N–H and O–H groups in total. The number of aromatic nitrogens is 1. The van der Waals surface area contributed by atoms with Crippen LogP contribution in [0.5, 0.6) is 0 Å². The third-order valence-corrected chi connectivity index (χ3v) is 1.68. The fraction of sp³-hybridized carbons (Fsp3) is 0.182. The largest absolute Gasteiger partial charge is 0.370 e. The molecule has 0 unspecified atom stereocenters. The Labute approximate surface area is 99.1 Å². The highest BCUT2D eigenvalue weighted by Gasteiger charge is 1.94. The van der Waals surface area contributed by atoms with E-state index in [2.05, 4.69) is 27.1 Å². The van der Waals surface area contributed by atoms with E-state index in [-0.39, 0.29) is 12.5 Å². The molecule has 6 nitrogen and oxygen atoms in total. The van der Waals surface area contributed by atoms with Gasteiger partial charge >= 0.3 is 6.03 Å². The summed E-state index contributed by atoms with van der Waals surface area (Å²) in [6.07, 6.45) is 2.25. The number of nitrogens with zero attached hydrogens (tertiary/aromatic N) is 2. The predicted octanol–water partition coefficient (Wildman–Crippen LogP) is -0.389. The molecule has 1 aromatic rings. The van der Waals surface area contributed by atoms with Crippen LogP contribution in [0.2, 0.25) is 0 Å². The van der Waals surface area contributed by atoms with Crippen LogP contribution in [-0.4, -0.2) is 23.5 Å². The number of urea groups is 1. The number of hydrogen-bond acceptors (Lipinski definition) is 2. The Morgan fingerprint density at radius 1 is 1.41 bits per heavy atom. The first kappa shape index (κ1) is 12.5. The molecule has 0 aliphatic carbocycles. The van der Waals surface area contributed by atoms with Crippen molar-refractivity contribution >= 4 is 12.0 Å². The SMILES string of the molecule is NC(N)=NC(=O)NCC#CCc1ccccn1. The number of nitrogens with two attached hydrogens (primary N) is 2. The summed E-state index contributed by atoms with van der Waals surface area (Å²) in [6.45, 7) is 0.197. The lowest BCUT2D eigenvalue weighted by atomic mass is 10.3. The van der Waals surface area contributed by atoms with Crippen molar-refractivity contribution in [2.24, 2.45) is 16.5 Å². The van der Waals surface area contributed by atoms with Crippen LogP contribution in [0.15, 0.2) is 29.4 Å². The summed E-state index contributed by atoms with van der Waals surface area (Å²) in [4.78, 5) is 18.3. The predicted molar refractivity (Wildman–Crippen MR) is 64.9 cm³/mol. The van der Waals surface area contributed by atoms with E-state index in [1.165, 1.54) is 0 Å². The molecule has 0 saturated carbocycles. The van der Waals surface area contributed by atoms with Crippen LogP contribution in [0.4, 0.5) is 4.79 Å². The zero-order valence-corrected chi connectivity index (χ0v) is 9.18. The van der Waals surface area contributed by atoms with Gasteiger partial charge in [-0.25, -0.2) is 4.79 Å².